The predicted molar refractivity (Wildman–Crippen MR) is 63.8 cm³/mol. The Kier molecular flexibility index (Phi) is 4.81. The molecule has 0 atom stereocenters. The lowest BCUT2D eigenvalue weighted by Gasteiger charge is -2.11. The summed E-state index contributed by atoms with van der Waals surface area (Å²) in [6.45, 7) is 1.77. The third kappa shape index (κ3) is 4.26. The van der Waals surface area contributed by atoms with E-state index in [9.17, 15) is 13.6 Å². The Balaban J connectivity index is 2.80. The number of ether oxygens (including phenoxy) is 1. The normalized spacial score (nSPS) is 11.8. The molecule has 0 N–H and O–H groups in total. The lowest BCUT2D eigenvalue weighted by Crippen LogP contribution is -2.10. The van der Waals surface area contributed by atoms with Crippen LogP contribution in [-0.4, -0.2) is 12.6 Å². The Hall–Kier alpha value is -1.23. The van der Waals surface area contributed by atoms with Gasteiger partial charge < -0.3 is 4.74 Å². The van der Waals surface area contributed by atoms with Crippen LogP contribution in [0.5, 0.6) is 0 Å². The molecule has 1 aromatic rings. The van der Waals surface area contributed by atoms with Gasteiger partial charge in [-0.15, -0.1) is 0 Å². The molecule has 92 valence electrons. The summed E-state index contributed by atoms with van der Waals surface area (Å²) in [5.41, 5.74) is -0.179. The molecular weight excluding hydrogens is 294 g/mol. The monoisotopic (exact) mass is 304 g/mol. The summed E-state index contributed by atoms with van der Waals surface area (Å²) in [5, 5.41) is 0. The number of rotatable bonds is 4. The third-order valence-electron chi connectivity index (χ3n) is 1.94. The van der Waals surface area contributed by atoms with Crippen molar-refractivity contribution >= 4 is 21.9 Å². The summed E-state index contributed by atoms with van der Waals surface area (Å²) in [6.07, 6.45) is 1.28. The second-order valence-electron chi connectivity index (χ2n) is 3.22. The Morgan fingerprint density at radius 2 is 2.00 bits per heavy atom. The third-order valence-corrected chi connectivity index (χ3v) is 2.47. The molecule has 0 aromatic heterocycles. The highest BCUT2D eigenvalue weighted by Gasteiger charge is 2.28. The van der Waals surface area contributed by atoms with Gasteiger partial charge in [0.25, 0.3) is 5.92 Å². The van der Waals surface area contributed by atoms with Crippen LogP contribution in [-0.2, 0) is 15.5 Å². The van der Waals surface area contributed by atoms with E-state index >= 15 is 0 Å². The predicted octanol–water partition coefficient (Wildman–Crippen LogP) is 3.66. The van der Waals surface area contributed by atoms with Gasteiger partial charge in [-0.25, -0.2) is 4.79 Å². The van der Waals surface area contributed by atoms with E-state index in [4.69, 9.17) is 0 Å². The van der Waals surface area contributed by atoms with Crippen LogP contribution in [0.2, 0.25) is 0 Å². The van der Waals surface area contributed by atoms with Crippen molar-refractivity contribution in [2.24, 2.45) is 0 Å². The molecule has 0 heterocycles. The average Bonchev–Trinajstić information content (AvgIpc) is 2.28. The maximum Gasteiger partial charge on any atom is 0.330 e. The standard InChI is InChI=1S/C12H11BrF2O2/c1-2-17-11(16)7-8-12(14,15)9-3-5-10(13)6-4-9/h3-8H,2H2,1H3/b8-7+. The van der Waals surface area contributed by atoms with E-state index in [-0.39, 0.29) is 12.2 Å². The maximum absolute atomic E-state index is 13.6. The number of allylic oxidation sites excluding steroid dienone is 1. The smallest absolute Gasteiger partial charge is 0.330 e. The number of hydrogen-bond donors (Lipinski definition) is 0. The largest absolute Gasteiger partial charge is 0.463 e. The molecule has 0 fully saturated rings. The average molecular weight is 305 g/mol. The van der Waals surface area contributed by atoms with E-state index in [2.05, 4.69) is 20.7 Å². The van der Waals surface area contributed by atoms with Gasteiger partial charge in [0.2, 0.25) is 0 Å². The van der Waals surface area contributed by atoms with Gasteiger partial charge >= 0.3 is 5.97 Å². The Morgan fingerprint density at radius 3 is 2.53 bits per heavy atom. The zero-order valence-electron chi connectivity index (χ0n) is 9.12. The summed E-state index contributed by atoms with van der Waals surface area (Å²) >= 11 is 3.16. The SMILES string of the molecule is CCOC(=O)/C=C/C(F)(F)c1ccc(Br)cc1. The minimum Gasteiger partial charge on any atom is -0.463 e. The van der Waals surface area contributed by atoms with Crippen molar-refractivity contribution < 1.29 is 18.3 Å². The van der Waals surface area contributed by atoms with Crippen molar-refractivity contribution in [1.82, 2.24) is 0 Å². The molecule has 0 aliphatic carbocycles. The summed E-state index contributed by atoms with van der Waals surface area (Å²) in [7, 11) is 0. The molecule has 17 heavy (non-hydrogen) atoms. The molecule has 0 spiro atoms. The van der Waals surface area contributed by atoms with E-state index < -0.39 is 11.9 Å². The van der Waals surface area contributed by atoms with Gasteiger partial charge in [-0.2, -0.15) is 8.78 Å². The molecule has 0 aliphatic heterocycles. The summed E-state index contributed by atoms with van der Waals surface area (Å²) in [6, 6.07) is 5.61. The first-order valence-corrected chi connectivity index (χ1v) is 5.75. The molecule has 0 saturated carbocycles. The zero-order valence-corrected chi connectivity index (χ0v) is 10.7. The number of carbonyl (C=O) groups is 1. The maximum atomic E-state index is 13.6. The van der Waals surface area contributed by atoms with E-state index in [1.807, 2.05) is 0 Å². The second-order valence-corrected chi connectivity index (χ2v) is 4.13. The zero-order chi connectivity index (χ0) is 12.9. The van der Waals surface area contributed by atoms with E-state index in [0.29, 0.717) is 10.5 Å². The quantitative estimate of drug-likeness (QED) is 0.627. The van der Waals surface area contributed by atoms with E-state index in [1.54, 1.807) is 6.92 Å². The molecule has 2 nitrogen and oxygen atoms in total. The highest BCUT2D eigenvalue weighted by molar-refractivity contribution is 9.10. The van der Waals surface area contributed by atoms with Crippen molar-refractivity contribution in [1.29, 1.82) is 0 Å². The molecule has 0 saturated heterocycles. The lowest BCUT2D eigenvalue weighted by atomic mass is 10.1. The van der Waals surface area contributed by atoms with Crippen molar-refractivity contribution in [3.63, 3.8) is 0 Å². The highest BCUT2D eigenvalue weighted by Crippen LogP contribution is 2.30. The van der Waals surface area contributed by atoms with Gasteiger partial charge in [-0.05, 0) is 25.1 Å². The van der Waals surface area contributed by atoms with Gasteiger partial charge in [-0.3, -0.25) is 0 Å². The first-order chi connectivity index (χ1) is 7.95. The molecular formula is C12H11BrF2O2. The van der Waals surface area contributed by atoms with Crippen LogP contribution in [0.4, 0.5) is 8.78 Å². The number of hydrogen-bond acceptors (Lipinski definition) is 2. The molecule has 0 radical (unpaired) electrons. The van der Waals surface area contributed by atoms with Crippen LogP contribution in [0.25, 0.3) is 0 Å². The number of benzene rings is 1. The van der Waals surface area contributed by atoms with Crippen LogP contribution in [0.15, 0.2) is 40.9 Å². The summed E-state index contributed by atoms with van der Waals surface area (Å²) < 4.78 is 32.4. The van der Waals surface area contributed by atoms with E-state index in [0.717, 1.165) is 6.08 Å². The molecule has 5 heteroatoms. The van der Waals surface area contributed by atoms with Crippen molar-refractivity contribution in [2.75, 3.05) is 6.61 Å². The van der Waals surface area contributed by atoms with Crippen molar-refractivity contribution in [3.8, 4) is 0 Å². The van der Waals surface area contributed by atoms with Crippen LogP contribution < -0.4 is 0 Å². The highest BCUT2D eigenvalue weighted by atomic mass is 79.9. The van der Waals surface area contributed by atoms with Gasteiger partial charge in [0.05, 0.1) is 6.61 Å². The first kappa shape index (κ1) is 13.8. The fourth-order valence-electron chi connectivity index (χ4n) is 1.13. The molecule has 0 unspecified atom stereocenters. The topological polar surface area (TPSA) is 26.3 Å². The summed E-state index contributed by atoms with van der Waals surface area (Å²) in [5.74, 6) is -3.96. The minimum absolute atomic E-state index is 0.160. The fourth-order valence-corrected chi connectivity index (χ4v) is 1.40. The van der Waals surface area contributed by atoms with Gasteiger partial charge in [0, 0.05) is 16.1 Å². The van der Waals surface area contributed by atoms with Crippen molar-refractivity contribution in [2.45, 2.75) is 12.8 Å². The molecule has 1 aromatic carbocycles. The van der Waals surface area contributed by atoms with Crippen LogP contribution >= 0.6 is 15.9 Å². The first-order valence-electron chi connectivity index (χ1n) is 4.95. The van der Waals surface area contributed by atoms with Gasteiger partial charge in [-0.1, -0.05) is 28.1 Å². The van der Waals surface area contributed by atoms with Gasteiger partial charge in [0.15, 0.2) is 0 Å². The number of esters is 1. The Labute approximate surface area is 106 Å². The Bertz CT molecular complexity index is 413. The van der Waals surface area contributed by atoms with Crippen LogP contribution in [0, 0.1) is 0 Å². The number of alkyl halides is 2. The Morgan fingerprint density at radius 1 is 1.41 bits per heavy atom. The lowest BCUT2D eigenvalue weighted by molar-refractivity contribution is -0.137. The number of halogens is 3. The molecule has 0 amide bonds. The van der Waals surface area contributed by atoms with Crippen LogP contribution in [0.1, 0.15) is 12.5 Å². The molecule has 0 aliphatic rings. The summed E-state index contributed by atoms with van der Waals surface area (Å²) in [4.78, 5) is 10.9. The number of carbonyl (C=O) groups excluding carboxylic acids is 1. The molecule has 0 bridgehead atoms. The second kappa shape index (κ2) is 5.91. The molecule has 1 rings (SSSR count). The minimum atomic E-state index is -3.19. The van der Waals surface area contributed by atoms with Crippen molar-refractivity contribution in [3.05, 3.63) is 46.5 Å². The van der Waals surface area contributed by atoms with Gasteiger partial charge in [0.1, 0.15) is 0 Å². The van der Waals surface area contributed by atoms with Crippen LogP contribution in [0.3, 0.4) is 0 Å². The van der Waals surface area contributed by atoms with E-state index in [1.165, 1.54) is 24.3 Å². The fraction of sp³-hybridized carbons (Fsp3) is 0.250.